The number of carbonyl (C=O) groups is 1. The Morgan fingerprint density at radius 3 is 2.65 bits per heavy atom. The summed E-state index contributed by atoms with van der Waals surface area (Å²) in [6.45, 7) is 5.94. The van der Waals surface area contributed by atoms with Crippen molar-refractivity contribution in [3.63, 3.8) is 0 Å². The van der Waals surface area contributed by atoms with Crippen molar-refractivity contribution in [1.82, 2.24) is 28.6 Å². The number of hydrogen-bond acceptors (Lipinski definition) is 6. The SMILES string of the molecule is Cc1nsnc1Cn1nnc(C(=O)N2CCCC2)c1C. The van der Waals surface area contributed by atoms with Gasteiger partial charge in [0.2, 0.25) is 0 Å². The van der Waals surface area contributed by atoms with Gasteiger partial charge in [0.05, 0.1) is 35.4 Å². The van der Waals surface area contributed by atoms with Gasteiger partial charge in [0.1, 0.15) is 0 Å². The van der Waals surface area contributed by atoms with Crippen molar-refractivity contribution in [1.29, 1.82) is 0 Å². The van der Waals surface area contributed by atoms with Gasteiger partial charge in [-0.25, -0.2) is 4.68 Å². The van der Waals surface area contributed by atoms with E-state index < -0.39 is 0 Å². The van der Waals surface area contributed by atoms with Crippen LogP contribution >= 0.6 is 11.7 Å². The van der Waals surface area contributed by atoms with E-state index in [1.54, 1.807) is 4.68 Å². The molecule has 2 aromatic rings. The van der Waals surface area contributed by atoms with Gasteiger partial charge in [-0.3, -0.25) is 4.79 Å². The first-order valence-corrected chi connectivity index (χ1v) is 7.37. The van der Waals surface area contributed by atoms with E-state index in [0.29, 0.717) is 12.2 Å². The van der Waals surface area contributed by atoms with Crippen molar-refractivity contribution in [2.75, 3.05) is 13.1 Å². The van der Waals surface area contributed by atoms with Gasteiger partial charge in [-0.05, 0) is 26.7 Å². The molecule has 1 aliphatic heterocycles. The number of hydrogen-bond donors (Lipinski definition) is 0. The van der Waals surface area contributed by atoms with Crippen LogP contribution in [-0.4, -0.2) is 47.6 Å². The Hall–Kier alpha value is -1.83. The van der Waals surface area contributed by atoms with Gasteiger partial charge >= 0.3 is 0 Å². The summed E-state index contributed by atoms with van der Waals surface area (Å²) in [6.07, 6.45) is 2.14. The van der Waals surface area contributed by atoms with Gasteiger partial charge in [0, 0.05) is 13.1 Å². The van der Waals surface area contributed by atoms with Crippen LogP contribution in [0.3, 0.4) is 0 Å². The summed E-state index contributed by atoms with van der Waals surface area (Å²) in [5.41, 5.74) is 3.02. The second-order valence-corrected chi connectivity index (χ2v) is 5.51. The first-order valence-electron chi connectivity index (χ1n) is 6.64. The zero-order valence-electron chi connectivity index (χ0n) is 11.5. The Morgan fingerprint density at radius 1 is 1.25 bits per heavy atom. The fraction of sp³-hybridized carbons (Fsp3) is 0.583. The molecule has 1 fully saturated rings. The third-order valence-electron chi connectivity index (χ3n) is 3.62. The van der Waals surface area contributed by atoms with Crippen LogP contribution in [0, 0.1) is 13.8 Å². The van der Waals surface area contributed by atoms with Crippen LogP contribution in [0.2, 0.25) is 0 Å². The monoisotopic (exact) mass is 292 g/mol. The number of carbonyl (C=O) groups excluding carboxylic acids is 1. The zero-order chi connectivity index (χ0) is 14.1. The summed E-state index contributed by atoms with van der Waals surface area (Å²) in [5, 5.41) is 8.13. The molecule has 1 amide bonds. The van der Waals surface area contributed by atoms with Crippen molar-refractivity contribution in [2.45, 2.75) is 33.2 Å². The smallest absolute Gasteiger partial charge is 0.276 e. The van der Waals surface area contributed by atoms with Crippen LogP contribution in [0.1, 0.15) is 40.4 Å². The molecule has 0 radical (unpaired) electrons. The number of aryl methyl sites for hydroxylation is 1. The molecular weight excluding hydrogens is 276 g/mol. The molecule has 0 N–H and O–H groups in total. The normalized spacial score (nSPS) is 15.0. The topological polar surface area (TPSA) is 76.8 Å². The van der Waals surface area contributed by atoms with Gasteiger partial charge in [0.25, 0.3) is 5.91 Å². The minimum atomic E-state index is -0.0145. The van der Waals surface area contributed by atoms with Crippen molar-refractivity contribution < 1.29 is 4.79 Å². The lowest BCUT2D eigenvalue weighted by atomic mass is 10.3. The number of aromatic nitrogens is 5. The van der Waals surface area contributed by atoms with Crippen molar-refractivity contribution in [3.8, 4) is 0 Å². The van der Waals surface area contributed by atoms with Gasteiger partial charge < -0.3 is 4.90 Å². The molecule has 0 aromatic carbocycles. The minimum Gasteiger partial charge on any atom is -0.337 e. The quantitative estimate of drug-likeness (QED) is 0.844. The molecule has 0 spiro atoms. The molecule has 3 rings (SSSR count). The maximum Gasteiger partial charge on any atom is 0.276 e. The van der Waals surface area contributed by atoms with Crippen LogP contribution in [-0.2, 0) is 6.54 Å². The molecule has 1 aliphatic rings. The highest BCUT2D eigenvalue weighted by molar-refractivity contribution is 6.99. The highest BCUT2D eigenvalue weighted by Crippen LogP contribution is 2.15. The van der Waals surface area contributed by atoms with Crippen LogP contribution in [0.5, 0.6) is 0 Å². The number of amides is 1. The molecular formula is C12H16N6OS. The van der Waals surface area contributed by atoms with Crippen molar-refractivity contribution >= 4 is 17.6 Å². The molecule has 0 aliphatic carbocycles. The summed E-state index contributed by atoms with van der Waals surface area (Å²) >= 11 is 1.19. The van der Waals surface area contributed by atoms with E-state index in [9.17, 15) is 4.79 Å². The maximum atomic E-state index is 12.3. The highest BCUT2D eigenvalue weighted by atomic mass is 32.1. The van der Waals surface area contributed by atoms with E-state index in [-0.39, 0.29) is 5.91 Å². The second-order valence-electron chi connectivity index (χ2n) is 4.98. The minimum absolute atomic E-state index is 0.0145. The van der Waals surface area contributed by atoms with E-state index in [1.807, 2.05) is 18.7 Å². The van der Waals surface area contributed by atoms with E-state index >= 15 is 0 Å². The van der Waals surface area contributed by atoms with Gasteiger partial charge in [-0.1, -0.05) is 5.21 Å². The van der Waals surface area contributed by atoms with E-state index in [0.717, 1.165) is 43.0 Å². The number of rotatable bonds is 3. The average Bonchev–Trinajstić information content (AvgIpc) is 3.14. The summed E-state index contributed by atoms with van der Waals surface area (Å²) < 4.78 is 10.1. The molecule has 7 nitrogen and oxygen atoms in total. The molecule has 0 unspecified atom stereocenters. The molecule has 8 heteroatoms. The van der Waals surface area contributed by atoms with Crippen LogP contribution < -0.4 is 0 Å². The first-order chi connectivity index (χ1) is 9.66. The largest absolute Gasteiger partial charge is 0.337 e. The average molecular weight is 292 g/mol. The highest BCUT2D eigenvalue weighted by Gasteiger charge is 2.25. The molecule has 0 bridgehead atoms. The Labute approximate surface area is 120 Å². The van der Waals surface area contributed by atoms with Gasteiger partial charge in [-0.2, -0.15) is 8.75 Å². The van der Waals surface area contributed by atoms with E-state index in [1.165, 1.54) is 11.7 Å². The first kappa shape index (κ1) is 13.2. The third kappa shape index (κ3) is 2.31. The standard InChI is InChI=1S/C12H16N6OS/c1-8-10(15-20-14-8)7-18-9(2)11(13-16-18)12(19)17-5-3-4-6-17/h3-7H2,1-2H3. The Morgan fingerprint density at radius 2 is 2.00 bits per heavy atom. The lowest BCUT2D eigenvalue weighted by molar-refractivity contribution is 0.0786. The predicted octanol–water partition coefficient (Wildman–Crippen LogP) is 1.03. The molecule has 3 heterocycles. The predicted molar refractivity (Wildman–Crippen MR) is 73.6 cm³/mol. The fourth-order valence-electron chi connectivity index (χ4n) is 2.31. The third-order valence-corrected chi connectivity index (χ3v) is 4.28. The Balaban J connectivity index is 1.81. The molecule has 106 valence electrons. The number of likely N-dealkylation sites (tertiary alicyclic amines) is 1. The summed E-state index contributed by atoms with van der Waals surface area (Å²) in [7, 11) is 0. The van der Waals surface area contributed by atoms with Crippen LogP contribution in [0.25, 0.3) is 0 Å². The fourth-order valence-corrected chi connectivity index (χ4v) is 2.87. The maximum absolute atomic E-state index is 12.3. The van der Waals surface area contributed by atoms with E-state index in [2.05, 4.69) is 19.1 Å². The lowest BCUT2D eigenvalue weighted by Gasteiger charge is -2.13. The summed E-state index contributed by atoms with van der Waals surface area (Å²) in [5.74, 6) is -0.0145. The zero-order valence-corrected chi connectivity index (χ0v) is 12.4. The van der Waals surface area contributed by atoms with Crippen LogP contribution in [0.15, 0.2) is 0 Å². The van der Waals surface area contributed by atoms with Gasteiger partial charge in [0.15, 0.2) is 5.69 Å². The van der Waals surface area contributed by atoms with Crippen molar-refractivity contribution in [3.05, 3.63) is 22.8 Å². The molecule has 0 atom stereocenters. The summed E-state index contributed by atoms with van der Waals surface area (Å²) in [6, 6.07) is 0. The lowest BCUT2D eigenvalue weighted by Crippen LogP contribution is -2.28. The molecule has 0 saturated carbocycles. The van der Waals surface area contributed by atoms with E-state index in [4.69, 9.17) is 0 Å². The van der Waals surface area contributed by atoms with Crippen LogP contribution in [0.4, 0.5) is 0 Å². The second kappa shape index (κ2) is 5.28. The Bertz CT molecular complexity index is 628. The molecule has 2 aromatic heterocycles. The summed E-state index contributed by atoms with van der Waals surface area (Å²) in [4.78, 5) is 14.2. The molecule has 20 heavy (non-hydrogen) atoms. The number of nitrogens with zero attached hydrogens (tertiary/aromatic N) is 6. The van der Waals surface area contributed by atoms with Gasteiger partial charge in [-0.15, -0.1) is 5.10 Å². The Kier molecular flexibility index (Phi) is 3.47. The molecule has 1 saturated heterocycles. The van der Waals surface area contributed by atoms with Crippen molar-refractivity contribution in [2.24, 2.45) is 0 Å².